The summed E-state index contributed by atoms with van der Waals surface area (Å²) in [5, 5.41) is 6.23. The van der Waals surface area contributed by atoms with Crippen molar-refractivity contribution >= 4 is 17.4 Å². The van der Waals surface area contributed by atoms with Crippen LogP contribution >= 0.6 is 0 Å². The number of carbonyl (C=O) groups excluding carboxylic acids is 1. The number of ether oxygens (including phenoxy) is 1. The maximum Gasteiger partial charge on any atom is 0.257 e. The highest BCUT2D eigenvalue weighted by Gasteiger charge is 2.10. The van der Waals surface area contributed by atoms with E-state index in [-0.39, 0.29) is 5.91 Å². The predicted molar refractivity (Wildman–Crippen MR) is 104 cm³/mol. The van der Waals surface area contributed by atoms with Crippen molar-refractivity contribution in [2.45, 2.75) is 13.8 Å². The molecule has 6 nitrogen and oxygen atoms in total. The number of carbonyl (C=O) groups is 1. The molecule has 1 aliphatic heterocycles. The summed E-state index contributed by atoms with van der Waals surface area (Å²) in [6.07, 6.45) is 1.61. The molecule has 2 N–H and O–H groups in total. The first kappa shape index (κ1) is 18.4. The van der Waals surface area contributed by atoms with Crippen molar-refractivity contribution in [3.8, 4) is 0 Å². The molecule has 1 saturated heterocycles. The lowest BCUT2D eigenvalue weighted by atomic mass is 10.1. The number of nitrogens with one attached hydrogen (secondary N) is 2. The molecule has 2 aromatic rings. The molecule has 1 fully saturated rings. The third-order valence-electron chi connectivity index (χ3n) is 4.34. The van der Waals surface area contributed by atoms with Gasteiger partial charge in [-0.25, -0.2) is 4.98 Å². The van der Waals surface area contributed by atoms with E-state index in [1.54, 1.807) is 12.3 Å². The van der Waals surface area contributed by atoms with E-state index in [1.165, 1.54) is 0 Å². The monoisotopic (exact) mass is 354 g/mol. The summed E-state index contributed by atoms with van der Waals surface area (Å²) in [6, 6.07) is 9.63. The summed E-state index contributed by atoms with van der Waals surface area (Å²) in [6.45, 7) is 9.38. The molecule has 1 amide bonds. The second-order valence-corrected chi connectivity index (χ2v) is 6.64. The van der Waals surface area contributed by atoms with Crippen LogP contribution in [-0.4, -0.2) is 55.2 Å². The molecule has 0 unspecified atom stereocenters. The molecule has 0 radical (unpaired) electrons. The Morgan fingerprint density at radius 1 is 1.15 bits per heavy atom. The van der Waals surface area contributed by atoms with Crippen molar-refractivity contribution in [3.63, 3.8) is 0 Å². The Morgan fingerprint density at radius 3 is 2.54 bits per heavy atom. The maximum atomic E-state index is 12.4. The van der Waals surface area contributed by atoms with Crippen LogP contribution in [0.25, 0.3) is 0 Å². The summed E-state index contributed by atoms with van der Waals surface area (Å²) in [4.78, 5) is 19.1. The molecule has 26 heavy (non-hydrogen) atoms. The van der Waals surface area contributed by atoms with Gasteiger partial charge in [0.2, 0.25) is 0 Å². The fourth-order valence-electron chi connectivity index (χ4n) is 3.05. The fourth-order valence-corrected chi connectivity index (χ4v) is 3.05. The van der Waals surface area contributed by atoms with E-state index in [4.69, 9.17) is 4.74 Å². The highest BCUT2D eigenvalue weighted by molar-refractivity contribution is 6.04. The fraction of sp³-hybridized carbons (Fsp3) is 0.400. The minimum Gasteiger partial charge on any atom is -0.379 e. The SMILES string of the molecule is Cc1cc(C)cc(NC(=O)c2ccc(NCCN3CCOCC3)nc2)c1. The first-order chi connectivity index (χ1) is 12.6. The highest BCUT2D eigenvalue weighted by Crippen LogP contribution is 2.15. The third-order valence-corrected chi connectivity index (χ3v) is 4.34. The van der Waals surface area contributed by atoms with Crippen molar-refractivity contribution in [2.75, 3.05) is 50.0 Å². The molecule has 0 atom stereocenters. The van der Waals surface area contributed by atoms with Crippen LogP contribution in [-0.2, 0) is 4.74 Å². The van der Waals surface area contributed by atoms with Crippen molar-refractivity contribution in [1.29, 1.82) is 0 Å². The first-order valence-electron chi connectivity index (χ1n) is 9.00. The molecule has 0 saturated carbocycles. The Bertz CT molecular complexity index is 720. The summed E-state index contributed by atoms with van der Waals surface area (Å²) < 4.78 is 5.34. The van der Waals surface area contributed by atoms with Crippen LogP contribution < -0.4 is 10.6 Å². The topological polar surface area (TPSA) is 66.5 Å². The number of nitrogens with zero attached hydrogens (tertiary/aromatic N) is 2. The van der Waals surface area contributed by atoms with Crippen LogP contribution in [0.15, 0.2) is 36.5 Å². The van der Waals surface area contributed by atoms with Crippen molar-refractivity contribution < 1.29 is 9.53 Å². The van der Waals surface area contributed by atoms with E-state index in [0.29, 0.717) is 5.56 Å². The Morgan fingerprint density at radius 2 is 1.88 bits per heavy atom. The van der Waals surface area contributed by atoms with E-state index in [1.807, 2.05) is 32.0 Å². The van der Waals surface area contributed by atoms with Gasteiger partial charge < -0.3 is 15.4 Å². The summed E-state index contributed by atoms with van der Waals surface area (Å²) in [5.41, 5.74) is 3.60. The van der Waals surface area contributed by atoms with Gasteiger partial charge in [0.15, 0.2) is 0 Å². The number of hydrogen-bond donors (Lipinski definition) is 2. The predicted octanol–water partition coefficient (Wildman–Crippen LogP) is 2.69. The van der Waals surface area contributed by atoms with Gasteiger partial charge in [-0.15, -0.1) is 0 Å². The van der Waals surface area contributed by atoms with Gasteiger partial charge in [-0.2, -0.15) is 0 Å². The van der Waals surface area contributed by atoms with E-state index in [2.05, 4.69) is 26.6 Å². The Balaban J connectivity index is 1.50. The molecule has 1 aromatic carbocycles. The first-order valence-corrected chi connectivity index (χ1v) is 9.00. The standard InChI is InChI=1S/C20H26N4O2/c1-15-11-16(2)13-18(12-15)23-20(25)17-3-4-19(22-14-17)21-5-6-24-7-9-26-10-8-24/h3-4,11-14H,5-10H2,1-2H3,(H,21,22)(H,23,25). The number of rotatable bonds is 6. The molecule has 0 bridgehead atoms. The lowest BCUT2D eigenvalue weighted by Gasteiger charge is -2.26. The van der Waals surface area contributed by atoms with Crippen molar-refractivity contribution in [3.05, 3.63) is 53.2 Å². The number of hydrogen-bond acceptors (Lipinski definition) is 5. The number of pyridine rings is 1. The van der Waals surface area contributed by atoms with E-state index in [9.17, 15) is 4.79 Å². The highest BCUT2D eigenvalue weighted by atomic mass is 16.5. The van der Waals surface area contributed by atoms with Gasteiger partial charge in [-0.05, 0) is 49.2 Å². The van der Waals surface area contributed by atoms with Gasteiger partial charge in [0, 0.05) is 38.1 Å². The molecule has 1 aliphatic rings. The van der Waals surface area contributed by atoms with E-state index in [0.717, 1.165) is 62.0 Å². The molecular formula is C20H26N4O2. The van der Waals surface area contributed by atoms with E-state index < -0.39 is 0 Å². The van der Waals surface area contributed by atoms with E-state index >= 15 is 0 Å². The quantitative estimate of drug-likeness (QED) is 0.835. The number of aryl methyl sites for hydroxylation is 2. The normalized spacial score (nSPS) is 14.8. The molecule has 2 heterocycles. The minimum absolute atomic E-state index is 0.151. The van der Waals surface area contributed by atoms with Gasteiger partial charge in [-0.3, -0.25) is 9.69 Å². The molecule has 0 spiro atoms. The minimum atomic E-state index is -0.151. The number of anilines is 2. The Hall–Kier alpha value is -2.44. The van der Waals surface area contributed by atoms with Crippen LogP contribution in [0, 0.1) is 13.8 Å². The summed E-state index contributed by atoms with van der Waals surface area (Å²) >= 11 is 0. The Kier molecular flexibility index (Phi) is 6.20. The smallest absolute Gasteiger partial charge is 0.257 e. The average Bonchev–Trinajstić information content (AvgIpc) is 2.62. The van der Waals surface area contributed by atoms with Gasteiger partial charge in [0.25, 0.3) is 5.91 Å². The van der Waals surface area contributed by atoms with Crippen LogP contribution in [0.4, 0.5) is 11.5 Å². The summed E-state index contributed by atoms with van der Waals surface area (Å²) in [5.74, 6) is 0.628. The van der Waals surface area contributed by atoms with Gasteiger partial charge in [0.05, 0.1) is 18.8 Å². The number of amides is 1. The third kappa shape index (κ3) is 5.28. The maximum absolute atomic E-state index is 12.4. The zero-order chi connectivity index (χ0) is 18.4. The zero-order valence-corrected chi connectivity index (χ0v) is 15.4. The average molecular weight is 354 g/mol. The zero-order valence-electron chi connectivity index (χ0n) is 15.4. The molecule has 6 heteroatoms. The Labute approximate surface area is 154 Å². The van der Waals surface area contributed by atoms with Gasteiger partial charge >= 0.3 is 0 Å². The van der Waals surface area contributed by atoms with Crippen molar-refractivity contribution in [2.24, 2.45) is 0 Å². The van der Waals surface area contributed by atoms with Gasteiger partial charge in [0.1, 0.15) is 5.82 Å². The van der Waals surface area contributed by atoms with Gasteiger partial charge in [-0.1, -0.05) is 6.07 Å². The number of morpholine rings is 1. The largest absolute Gasteiger partial charge is 0.379 e. The van der Waals surface area contributed by atoms with Crippen LogP contribution in [0.3, 0.4) is 0 Å². The summed E-state index contributed by atoms with van der Waals surface area (Å²) in [7, 11) is 0. The van der Waals surface area contributed by atoms with Crippen LogP contribution in [0.5, 0.6) is 0 Å². The lowest BCUT2D eigenvalue weighted by molar-refractivity contribution is 0.0398. The number of aromatic nitrogens is 1. The molecule has 1 aromatic heterocycles. The molecule has 3 rings (SSSR count). The lowest BCUT2D eigenvalue weighted by Crippen LogP contribution is -2.39. The molecule has 0 aliphatic carbocycles. The second-order valence-electron chi connectivity index (χ2n) is 6.64. The van der Waals surface area contributed by atoms with Crippen LogP contribution in [0.2, 0.25) is 0 Å². The molecule has 138 valence electrons. The van der Waals surface area contributed by atoms with Crippen molar-refractivity contribution in [1.82, 2.24) is 9.88 Å². The number of benzene rings is 1. The molecular weight excluding hydrogens is 328 g/mol. The van der Waals surface area contributed by atoms with Crippen LogP contribution in [0.1, 0.15) is 21.5 Å². The second kappa shape index (κ2) is 8.78.